The Kier molecular flexibility index (Phi) is 5.97. The third-order valence-corrected chi connectivity index (χ3v) is 4.90. The van der Waals surface area contributed by atoms with E-state index >= 15 is 0 Å². The average molecular weight is 383 g/mol. The summed E-state index contributed by atoms with van der Waals surface area (Å²) in [6, 6.07) is 10.9. The fourth-order valence-electron chi connectivity index (χ4n) is 2.49. The first-order valence-corrected chi connectivity index (χ1v) is 9.59. The number of carbonyl (C=O) groups excluding carboxylic acids is 2. The summed E-state index contributed by atoms with van der Waals surface area (Å²) in [5, 5.41) is 12.1. The minimum absolute atomic E-state index is 0.128. The fourth-order valence-corrected chi connectivity index (χ4v) is 3.20. The second-order valence-corrected chi connectivity index (χ2v) is 6.97. The molecule has 7 nitrogen and oxygen atoms in total. The minimum atomic E-state index is -0.224. The van der Waals surface area contributed by atoms with Crippen LogP contribution in [0.25, 0.3) is 0 Å². The molecule has 140 valence electrons. The van der Waals surface area contributed by atoms with Gasteiger partial charge in [-0.25, -0.2) is 9.67 Å². The van der Waals surface area contributed by atoms with Gasteiger partial charge in [0.2, 0.25) is 5.91 Å². The Hall–Kier alpha value is -3.00. The molecule has 0 aliphatic heterocycles. The van der Waals surface area contributed by atoms with Gasteiger partial charge >= 0.3 is 0 Å². The number of rotatable bonds is 7. The summed E-state index contributed by atoms with van der Waals surface area (Å²) < 4.78 is 1.80. The second-order valence-electron chi connectivity index (χ2n) is 6.11. The number of nitrogens with zero attached hydrogens (tertiary/aromatic N) is 3. The lowest BCUT2D eigenvalue weighted by molar-refractivity contribution is -0.115. The summed E-state index contributed by atoms with van der Waals surface area (Å²) in [4.78, 5) is 28.8. The Balaban J connectivity index is 1.58. The second kappa shape index (κ2) is 8.59. The molecule has 1 aromatic carbocycles. The van der Waals surface area contributed by atoms with Crippen molar-refractivity contribution in [3.05, 3.63) is 59.2 Å². The average Bonchev–Trinajstić information content (AvgIpc) is 3.31. The Bertz CT molecular complexity index is 919. The van der Waals surface area contributed by atoms with Crippen LogP contribution in [0.15, 0.2) is 48.0 Å². The highest BCUT2D eigenvalue weighted by atomic mass is 32.1. The summed E-state index contributed by atoms with van der Waals surface area (Å²) in [6.45, 7) is 4.11. The van der Waals surface area contributed by atoms with Crippen molar-refractivity contribution in [1.82, 2.24) is 14.8 Å². The lowest BCUT2D eigenvalue weighted by Crippen LogP contribution is -2.19. The summed E-state index contributed by atoms with van der Waals surface area (Å²) in [7, 11) is 0. The number of benzene rings is 1. The van der Waals surface area contributed by atoms with E-state index in [0.717, 1.165) is 6.42 Å². The number of thiazole rings is 1. The van der Waals surface area contributed by atoms with E-state index in [1.54, 1.807) is 46.6 Å². The topological polar surface area (TPSA) is 88.9 Å². The molecule has 0 radical (unpaired) electrons. The predicted molar refractivity (Wildman–Crippen MR) is 106 cm³/mol. The first-order chi connectivity index (χ1) is 13.1. The van der Waals surface area contributed by atoms with Crippen LogP contribution in [0.1, 0.15) is 42.4 Å². The van der Waals surface area contributed by atoms with Crippen LogP contribution in [0.3, 0.4) is 0 Å². The number of anilines is 2. The van der Waals surface area contributed by atoms with Crippen LogP contribution in [-0.4, -0.2) is 26.6 Å². The normalized spacial score (nSPS) is 11.8. The maximum Gasteiger partial charge on any atom is 0.257 e. The minimum Gasteiger partial charge on any atom is -0.311 e. The number of amides is 2. The van der Waals surface area contributed by atoms with Crippen LogP contribution in [0.4, 0.5) is 10.9 Å². The van der Waals surface area contributed by atoms with Gasteiger partial charge in [0, 0.05) is 17.0 Å². The van der Waals surface area contributed by atoms with Gasteiger partial charge in [-0.05, 0) is 25.5 Å². The molecule has 1 unspecified atom stereocenters. The van der Waals surface area contributed by atoms with E-state index in [9.17, 15) is 9.59 Å². The molecule has 0 saturated heterocycles. The van der Waals surface area contributed by atoms with Crippen molar-refractivity contribution in [2.45, 2.75) is 32.7 Å². The van der Waals surface area contributed by atoms with Gasteiger partial charge in [0.25, 0.3) is 5.91 Å². The summed E-state index contributed by atoms with van der Waals surface area (Å²) in [5.41, 5.74) is 1.17. The van der Waals surface area contributed by atoms with Crippen LogP contribution < -0.4 is 10.6 Å². The number of aromatic nitrogens is 3. The van der Waals surface area contributed by atoms with Crippen molar-refractivity contribution < 1.29 is 9.59 Å². The van der Waals surface area contributed by atoms with Gasteiger partial charge in [-0.3, -0.25) is 14.9 Å². The van der Waals surface area contributed by atoms with Crippen molar-refractivity contribution in [2.75, 3.05) is 10.6 Å². The lowest BCUT2D eigenvalue weighted by atomic mass is 10.2. The van der Waals surface area contributed by atoms with Gasteiger partial charge in [-0.2, -0.15) is 5.10 Å². The molecular weight excluding hydrogens is 362 g/mol. The third-order valence-electron chi connectivity index (χ3n) is 4.10. The molecule has 0 bridgehead atoms. The quantitative estimate of drug-likeness (QED) is 0.650. The standard InChI is InChI=1S/C19H21N5O2S/c1-3-13(2)24-16(9-10-20-24)22-17(25)11-15-12-27-19(21-15)23-18(26)14-7-5-4-6-8-14/h4-10,12-13H,3,11H2,1-2H3,(H,22,25)(H,21,23,26). The highest BCUT2D eigenvalue weighted by Gasteiger charge is 2.14. The maximum atomic E-state index is 12.3. The van der Waals surface area contributed by atoms with Gasteiger partial charge in [0.05, 0.1) is 24.4 Å². The van der Waals surface area contributed by atoms with Crippen LogP contribution in [-0.2, 0) is 11.2 Å². The van der Waals surface area contributed by atoms with Gasteiger partial charge in [-0.15, -0.1) is 11.3 Å². The Morgan fingerprint density at radius 2 is 1.96 bits per heavy atom. The molecule has 0 spiro atoms. The molecule has 0 aliphatic rings. The molecule has 27 heavy (non-hydrogen) atoms. The molecule has 2 N–H and O–H groups in total. The van der Waals surface area contributed by atoms with Crippen LogP contribution >= 0.6 is 11.3 Å². The Morgan fingerprint density at radius 1 is 1.19 bits per heavy atom. The molecule has 3 rings (SSSR count). The monoisotopic (exact) mass is 383 g/mol. The number of nitrogens with one attached hydrogen (secondary N) is 2. The van der Waals surface area contributed by atoms with Crippen molar-refractivity contribution in [2.24, 2.45) is 0 Å². The maximum absolute atomic E-state index is 12.3. The SMILES string of the molecule is CCC(C)n1nccc1NC(=O)Cc1csc(NC(=O)c2ccccc2)n1. The van der Waals surface area contributed by atoms with Crippen molar-refractivity contribution in [1.29, 1.82) is 0 Å². The van der Waals surface area contributed by atoms with Gasteiger partial charge in [0.1, 0.15) is 5.82 Å². The molecule has 2 amide bonds. The van der Waals surface area contributed by atoms with Crippen molar-refractivity contribution in [3.8, 4) is 0 Å². The Morgan fingerprint density at radius 3 is 2.70 bits per heavy atom. The highest BCUT2D eigenvalue weighted by molar-refractivity contribution is 7.14. The van der Waals surface area contributed by atoms with Crippen LogP contribution in [0, 0.1) is 0 Å². The molecule has 2 heterocycles. The highest BCUT2D eigenvalue weighted by Crippen LogP contribution is 2.19. The Labute approximate surface area is 161 Å². The zero-order valence-electron chi connectivity index (χ0n) is 15.2. The van der Waals surface area contributed by atoms with E-state index in [4.69, 9.17) is 0 Å². The van der Waals surface area contributed by atoms with Gasteiger partial charge < -0.3 is 5.32 Å². The molecule has 8 heteroatoms. The van der Waals surface area contributed by atoms with Crippen LogP contribution in [0.2, 0.25) is 0 Å². The van der Waals surface area contributed by atoms with E-state index in [-0.39, 0.29) is 24.3 Å². The zero-order valence-corrected chi connectivity index (χ0v) is 16.0. The zero-order chi connectivity index (χ0) is 19.2. The smallest absolute Gasteiger partial charge is 0.257 e. The predicted octanol–water partition coefficient (Wildman–Crippen LogP) is 3.74. The number of hydrogen-bond donors (Lipinski definition) is 2. The van der Waals surface area contributed by atoms with Gasteiger partial charge in [0.15, 0.2) is 5.13 Å². The van der Waals surface area contributed by atoms with E-state index < -0.39 is 0 Å². The molecule has 1 atom stereocenters. The van der Waals surface area contributed by atoms with E-state index in [1.165, 1.54) is 11.3 Å². The number of hydrogen-bond acceptors (Lipinski definition) is 5. The summed E-state index contributed by atoms with van der Waals surface area (Å²) in [6.07, 6.45) is 2.71. The molecule has 2 aromatic heterocycles. The third kappa shape index (κ3) is 4.79. The first-order valence-electron chi connectivity index (χ1n) is 8.71. The largest absolute Gasteiger partial charge is 0.311 e. The van der Waals surface area contributed by atoms with E-state index in [2.05, 4.69) is 27.6 Å². The fraction of sp³-hybridized carbons (Fsp3) is 0.263. The number of carbonyl (C=O) groups is 2. The summed E-state index contributed by atoms with van der Waals surface area (Å²) in [5.74, 6) is 0.270. The van der Waals surface area contributed by atoms with Crippen molar-refractivity contribution >= 4 is 34.1 Å². The molecule has 0 fully saturated rings. The molecule has 0 saturated carbocycles. The first kappa shape index (κ1) is 18.8. The van der Waals surface area contributed by atoms with Crippen LogP contribution in [0.5, 0.6) is 0 Å². The molecule has 3 aromatic rings. The molecule has 0 aliphatic carbocycles. The van der Waals surface area contributed by atoms with Gasteiger partial charge in [-0.1, -0.05) is 25.1 Å². The summed E-state index contributed by atoms with van der Waals surface area (Å²) >= 11 is 1.29. The van der Waals surface area contributed by atoms with Crippen molar-refractivity contribution in [3.63, 3.8) is 0 Å². The van der Waals surface area contributed by atoms with E-state index in [0.29, 0.717) is 22.2 Å². The van der Waals surface area contributed by atoms with E-state index in [1.807, 2.05) is 13.0 Å². The lowest BCUT2D eigenvalue weighted by Gasteiger charge is -2.13. The molecular formula is C19H21N5O2S.